The Balaban J connectivity index is 1.40. The third kappa shape index (κ3) is 3.00. The number of carbonyl (C=O) groups is 2. The highest BCUT2D eigenvalue weighted by Gasteiger charge is 2.52. The zero-order valence-corrected chi connectivity index (χ0v) is 17.7. The van der Waals surface area contributed by atoms with Gasteiger partial charge in [0.05, 0.1) is 22.9 Å². The number of benzene rings is 2. The molecule has 2 saturated heterocycles. The molecule has 2 fully saturated rings. The van der Waals surface area contributed by atoms with Crippen molar-refractivity contribution in [2.24, 2.45) is 0 Å². The average Bonchev–Trinajstić information content (AvgIpc) is 3.47. The van der Waals surface area contributed by atoms with E-state index in [0.717, 1.165) is 35.5 Å². The predicted molar refractivity (Wildman–Crippen MR) is 117 cm³/mol. The van der Waals surface area contributed by atoms with Crippen LogP contribution in [-0.4, -0.2) is 39.9 Å². The van der Waals surface area contributed by atoms with Crippen LogP contribution in [0, 0.1) is 0 Å². The summed E-state index contributed by atoms with van der Waals surface area (Å²) in [5, 5.41) is 4.04. The van der Waals surface area contributed by atoms with Crippen LogP contribution in [0.3, 0.4) is 0 Å². The molecule has 2 aromatic carbocycles. The molecule has 0 aliphatic carbocycles. The van der Waals surface area contributed by atoms with Crippen LogP contribution in [-0.2, 0) is 10.3 Å². The van der Waals surface area contributed by atoms with Gasteiger partial charge in [0.15, 0.2) is 0 Å². The molecule has 1 aromatic heterocycles. The van der Waals surface area contributed by atoms with Gasteiger partial charge in [-0.1, -0.05) is 49.4 Å². The summed E-state index contributed by atoms with van der Waals surface area (Å²) in [5.41, 5.74) is 0.856. The number of carbonyl (C=O) groups excluding carboxylic acids is 2. The predicted octanol–water partition coefficient (Wildman–Crippen LogP) is 4.25. The van der Waals surface area contributed by atoms with Gasteiger partial charge in [-0.25, -0.2) is 14.7 Å². The van der Waals surface area contributed by atoms with Gasteiger partial charge in [-0.3, -0.25) is 9.69 Å². The van der Waals surface area contributed by atoms with Crippen LogP contribution in [0.5, 0.6) is 0 Å². The Morgan fingerprint density at radius 3 is 2.67 bits per heavy atom. The number of hydrogen-bond donors (Lipinski definition) is 1. The number of nitrogens with zero attached hydrogens (tertiary/aromatic N) is 3. The Labute approximate surface area is 179 Å². The van der Waals surface area contributed by atoms with Gasteiger partial charge in [0.2, 0.25) is 0 Å². The fourth-order valence-electron chi connectivity index (χ4n) is 4.61. The summed E-state index contributed by atoms with van der Waals surface area (Å²) in [6.07, 6.45) is 2.53. The second-order valence-electron chi connectivity index (χ2n) is 7.92. The lowest BCUT2D eigenvalue weighted by Crippen LogP contribution is -2.45. The lowest BCUT2D eigenvalue weighted by Gasteiger charge is -2.28. The molecule has 3 heterocycles. The summed E-state index contributed by atoms with van der Waals surface area (Å²) in [6.45, 7) is 3.08. The van der Waals surface area contributed by atoms with E-state index in [4.69, 9.17) is 4.98 Å². The minimum Gasteiger partial charge on any atom is -0.319 e. The van der Waals surface area contributed by atoms with E-state index in [1.165, 1.54) is 9.60 Å². The summed E-state index contributed by atoms with van der Waals surface area (Å²) < 4.78 is 1.17. The maximum absolute atomic E-state index is 13.4. The van der Waals surface area contributed by atoms with Gasteiger partial charge in [0.25, 0.3) is 5.91 Å². The first-order valence-electron chi connectivity index (χ1n) is 10.4. The minimum atomic E-state index is -0.983. The monoisotopic (exact) mass is 420 g/mol. The topological polar surface area (TPSA) is 65.5 Å². The molecule has 0 bridgehead atoms. The summed E-state index contributed by atoms with van der Waals surface area (Å²) >= 11 is 1.70. The number of imide groups is 1. The highest BCUT2D eigenvalue weighted by molar-refractivity contribution is 7.18. The van der Waals surface area contributed by atoms with E-state index in [2.05, 4.69) is 16.3 Å². The van der Waals surface area contributed by atoms with Crippen molar-refractivity contribution in [3.8, 4) is 0 Å². The van der Waals surface area contributed by atoms with Crippen molar-refractivity contribution in [1.82, 2.24) is 20.1 Å². The number of rotatable bonds is 5. The van der Waals surface area contributed by atoms with Crippen molar-refractivity contribution >= 4 is 33.5 Å². The smallest absolute Gasteiger partial charge is 0.319 e. The molecule has 6 nitrogen and oxygen atoms in total. The summed E-state index contributed by atoms with van der Waals surface area (Å²) in [6, 6.07) is 17.5. The van der Waals surface area contributed by atoms with Crippen molar-refractivity contribution in [2.75, 3.05) is 13.2 Å². The lowest BCUT2D eigenvalue weighted by molar-refractivity contribution is -0.133. The molecule has 0 saturated carbocycles. The normalized spacial score (nSPS) is 24.7. The first-order valence-corrected chi connectivity index (χ1v) is 11.2. The molecule has 30 heavy (non-hydrogen) atoms. The number of nitrogens with one attached hydrogen (secondary N) is 1. The number of aromatic nitrogens is 1. The third-order valence-corrected chi connectivity index (χ3v) is 7.39. The largest absolute Gasteiger partial charge is 0.326 e. The van der Waals surface area contributed by atoms with Crippen LogP contribution in [0.1, 0.15) is 42.8 Å². The quantitative estimate of drug-likeness (QED) is 0.627. The van der Waals surface area contributed by atoms with E-state index in [1.807, 2.05) is 55.5 Å². The SMILES string of the molecule is CC[C@]1(c2ccccc2)NC(=O)N(CN2CCC[C@@H]2c2nc3ccccc3s2)C1=O. The number of fused-ring (bicyclic) bond motifs is 1. The van der Waals surface area contributed by atoms with Crippen molar-refractivity contribution in [2.45, 2.75) is 37.8 Å². The van der Waals surface area contributed by atoms with Crippen molar-refractivity contribution in [1.29, 1.82) is 0 Å². The van der Waals surface area contributed by atoms with E-state index < -0.39 is 5.54 Å². The molecule has 0 spiro atoms. The van der Waals surface area contributed by atoms with Gasteiger partial charge in [-0.15, -0.1) is 11.3 Å². The van der Waals surface area contributed by atoms with Gasteiger partial charge in [0.1, 0.15) is 10.5 Å². The fraction of sp³-hybridized carbons (Fsp3) is 0.348. The summed E-state index contributed by atoms with van der Waals surface area (Å²) in [7, 11) is 0. The molecule has 5 rings (SSSR count). The molecular weight excluding hydrogens is 396 g/mol. The van der Waals surface area contributed by atoms with Gasteiger partial charge in [0, 0.05) is 6.54 Å². The molecule has 0 radical (unpaired) electrons. The van der Waals surface area contributed by atoms with E-state index in [0.29, 0.717) is 13.1 Å². The molecular formula is C23H24N4O2S. The molecule has 154 valence electrons. The second kappa shape index (κ2) is 7.49. The minimum absolute atomic E-state index is 0.136. The lowest BCUT2D eigenvalue weighted by atomic mass is 9.87. The third-order valence-electron chi connectivity index (χ3n) is 6.25. The Morgan fingerprint density at radius 2 is 1.90 bits per heavy atom. The van der Waals surface area contributed by atoms with Crippen LogP contribution in [0.25, 0.3) is 10.2 Å². The Morgan fingerprint density at radius 1 is 1.13 bits per heavy atom. The highest BCUT2D eigenvalue weighted by Crippen LogP contribution is 2.38. The number of para-hydroxylation sites is 1. The Bertz CT molecular complexity index is 1070. The highest BCUT2D eigenvalue weighted by atomic mass is 32.1. The van der Waals surface area contributed by atoms with Crippen LogP contribution in [0.2, 0.25) is 0 Å². The zero-order chi connectivity index (χ0) is 20.7. The van der Waals surface area contributed by atoms with Crippen molar-refractivity contribution in [3.63, 3.8) is 0 Å². The second-order valence-corrected chi connectivity index (χ2v) is 8.98. The molecule has 7 heteroatoms. The number of thiazole rings is 1. The van der Waals surface area contributed by atoms with Crippen LogP contribution >= 0.6 is 11.3 Å². The van der Waals surface area contributed by atoms with Crippen LogP contribution < -0.4 is 5.32 Å². The van der Waals surface area contributed by atoms with Crippen LogP contribution in [0.15, 0.2) is 54.6 Å². The van der Waals surface area contributed by atoms with E-state index >= 15 is 0 Å². The number of amides is 3. The molecule has 3 aromatic rings. The molecule has 0 unspecified atom stereocenters. The van der Waals surface area contributed by atoms with E-state index in [1.54, 1.807) is 11.3 Å². The maximum Gasteiger partial charge on any atom is 0.326 e. The molecule has 1 N–H and O–H groups in total. The Kier molecular flexibility index (Phi) is 4.79. The van der Waals surface area contributed by atoms with Crippen LogP contribution in [0.4, 0.5) is 4.79 Å². The standard InChI is InChI=1S/C23H24N4O2S/c1-2-23(16-9-4-3-5-10-16)21(28)27(22(29)25-23)15-26-14-8-12-18(26)20-24-17-11-6-7-13-19(17)30-20/h3-7,9-11,13,18H,2,8,12,14-15H2,1H3,(H,25,29)/t18-,23-/m1/s1. The molecule has 2 atom stereocenters. The van der Waals surface area contributed by atoms with Gasteiger partial charge >= 0.3 is 6.03 Å². The first kappa shape index (κ1) is 19.2. The number of likely N-dealkylation sites (tertiary alicyclic amines) is 1. The van der Waals surface area contributed by atoms with Gasteiger partial charge in [-0.2, -0.15) is 0 Å². The van der Waals surface area contributed by atoms with Gasteiger partial charge in [-0.05, 0) is 37.0 Å². The summed E-state index contributed by atoms with van der Waals surface area (Å²) in [4.78, 5) is 34.7. The molecule has 3 amide bonds. The van der Waals surface area contributed by atoms with E-state index in [-0.39, 0.29) is 18.0 Å². The zero-order valence-electron chi connectivity index (χ0n) is 16.9. The van der Waals surface area contributed by atoms with E-state index in [9.17, 15) is 9.59 Å². The first-order chi connectivity index (χ1) is 14.6. The van der Waals surface area contributed by atoms with Gasteiger partial charge < -0.3 is 5.32 Å². The molecule has 2 aliphatic rings. The number of urea groups is 1. The molecule has 2 aliphatic heterocycles. The fourth-order valence-corrected chi connectivity index (χ4v) is 5.74. The Hall–Kier alpha value is -2.77. The maximum atomic E-state index is 13.4. The van der Waals surface area contributed by atoms with Crippen molar-refractivity contribution in [3.05, 3.63) is 65.2 Å². The van der Waals surface area contributed by atoms with Crippen molar-refractivity contribution < 1.29 is 9.59 Å². The number of hydrogen-bond acceptors (Lipinski definition) is 5. The average molecular weight is 421 g/mol. The summed E-state index contributed by atoms with van der Waals surface area (Å²) in [5.74, 6) is -0.170.